The van der Waals surface area contributed by atoms with Gasteiger partial charge in [-0.3, -0.25) is 9.59 Å². The number of methoxy groups -OCH3 is 1. The number of benzene rings is 1. The highest BCUT2D eigenvalue weighted by atomic mass is 16.5. The molecule has 0 saturated heterocycles. The molecule has 1 aliphatic carbocycles. The van der Waals surface area contributed by atoms with Gasteiger partial charge in [-0.05, 0) is 18.9 Å². The van der Waals surface area contributed by atoms with E-state index in [1.807, 2.05) is 24.3 Å². The normalized spacial score (nSPS) is 13.8. The minimum atomic E-state index is -0.604. The van der Waals surface area contributed by atoms with E-state index in [-0.39, 0.29) is 12.6 Å². The number of carbonyl (C=O) groups is 2. The Morgan fingerprint density at radius 2 is 2.00 bits per heavy atom. The van der Waals surface area contributed by atoms with Crippen molar-refractivity contribution in [1.29, 1.82) is 0 Å². The van der Waals surface area contributed by atoms with E-state index in [1.165, 1.54) is 0 Å². The van der Waals surface area contributed by atoms with Gasteiger partial charge in [0, 0.05) is 18.2 Å². The molecule has 96 valence electrons. The van der Waals surface area contributed by atoms with Gasteiger partial charge in [-0.15, -0.1) is 0 Å². The van der Waals surface area contributed by atoms with Crippen molar-refractivity contribution in [3.63, 3.8) is 0 Å². The Hall–Kier alpha value is -2.04. The summed E-state index contributed by atoms with van der Waals surface area (Å²) in [5.41, 5.74) is 0.840. The lowest BCUT2D eigenvalue weighted by Crippen LogP contribution is -2.40. The van der Waals surface area contributed by atoms with Crippen molar-refractivity contribution in [1.82, 2.24) is 10.6 Å². The van der Waals surface area contributed by atoms with Crippen molar-refractivity contribution in [3.05, 3.63) is 29.8 Å². The molecular weight excluding hydrogens is 232 g/mol. The third-order valence-corrected chi connectivity index (χ3v) is 2.75. The summed E-state index contributed by atoms with van der Waals surface area (Å²) in [5.74, 6) is -0.472. The van der Waals surface area contributed by atoms with Gasteiger partial charge in [0.2, 0.25) is 0 Å². The number of amides is 2. The summed E-state index contributed by atoms with van der Waals surface area (Å²) in [4.78, 5) is 22.9. The molecule has 0 atom stereocenters. The summed E-state index contributed by atoms with van der Waals surface area (Å²) in [6, 6.07) is 7.55. The van der Waals surface area contributed by atoms with Crippen LogP contribution in [0.15, 0.2) is 24.3 Å². The highest BCUT2D eigenvalue weighted by molar-refractivity contribution is 6.35. The smallest absolute Gasteiger partial charge is 0.309 e. The summed E-state index contributed by atoms with van der Waals surface area (Å²) >= 11 is 0. The average Bonchev–Trinajstić information content (AvgIpc) is 3.20. The molecular formula is C13H16N2O3. The molecule has 1 saturated carbocycles. The first-order valence-electron chi connectivity index (χ1n) is 5.91. The Kier molecular flexibility index (Phi) is 3.82. The Bertz CT molecular complexity index is 455. The second-order valence-corrected chi connectivity index (χ2v) is 4.24. The number of nitrogens with one attached hydrogen (secondary N) is 2. The molecule has 0 spiro atoms. The molecule has 18 heavy (non-hydrogen) atoms. The molecule has 0 aromatic heterocycles. The number of carbonyl (C=O) groups excluding carboxylic acids is 2. The molecule has 1 aromatic carbocycles. The molecule has 2 amide bonds. The quantitative estimate of drug-likeness (QED) is 0.766. The Balaban J connectivity index is 1.86. The summed E-state index contributed by atoms with van der Waals surface area (Å²) in [6.45, 7) is 0.279. The van der Waals surface area contributed by atoms with Crippen molar-refractivity contribution in [2.45, 2.75) is 25.4 Å². The van der Waals surface area contributed by atoms with Crippen molar-refractivity contribution in [3.8, 4) is 5.75 Å². The first-order chi connectivity index (χ1) is 8.70. The SMILES string of the molecule is COc1ccccc1CNC(=O)C(=O)NC1CC1. The standard InChI is InChI=1S/C13H16N2O3/c1-18-11-5-3-2-4-9(11)8-14-12(16)13(17)15-10-6-7-10/h2-5,10H,6-8H2,1H3,(H,14,16)(H,15,17). The first kappa shape index (κ1) is 12.4. The lowest BCUT2D eigenvalue weighted by Gasteiger charge is -2.09. The van der Waals surface area contributed by atoms with E-state index in [1.54, 1.807) is 7.11 Å². The summed E-state index contributed by atoms with van der Waals surface area (Å²) < 4.78 is 5.16. The van der Waals surface area contributed by atoms with Crippen LogP contribution in [0.1, 0.15) is 18.4 Å². The molecule has 5 heteroatoms. The molecule has 2 N–H and O–H groups in total. The monoisotopic (exact) mass is 248 g/mol. The van der Waals surface area contributed by atoms with Gasteiger partial charge in [0.1, 0.15) is 5.75 Å². The zero-order valence-corrected chi connectivity index (χ0v) is 10.2. The van der Waals surface area contributed by atoms with Crippen LogP contribution >= 0.6 is 0 Å². The Morgan fingerprint density at radius 1 is 1.28 bits per heavy atom. The van der Waals surface area contributed by atoms with E-state index in [0.29, 0.717) is 5.75 Å². The number of hydrogen-bond donors (Lipinski definition) is 2. The topological polar surface area (TPSA) is 67.4 Å². The van der Waals surface area contributed by atoms with Crippen LogP contribution < -0.4 is 15.4 Å². The van der Waals surface area contributed by atoms with E-state index in [9.17, 15) is 9.59 Å². The van der Waals surface area contributed by atoms with Crippen LogP contribution in [0.4, 0.5) is 0 Å². The highest BCUT2D eigenvalue weighted by Crippen LogP contribution is 2.18. The molecule has 0 radical (unpaired) electrons. The second kappa shape index (κ2) is 5.53. The summed E-state index contributed by atoms with van der Waals surface area (Å²) in [7, 11) is 1.57. The maximum Gasteiger partial charge on any atom is 0.309 e. The van der Waals surface area contributed by atoms with Crippen molar-refractivity contribution in [2.75, 3.05) is 7.11 Å². The third kappa shape index (κ3) is 3.23. The third-order valence-electron chi connectivity index (χ3n) is 2.75. The maximum atomic E-state index is 11.5. The zero-order chi connectivity index (χ0) is 13.0. The Labute approximate surface area is 106 Å². The van der Waals surface area contributed by atoms with Gasteiger partial charge in [0.05, 0.1) is 7.11 Å². The zero-order valence-electron chi connectivity index (χ0n) is 10.2. The fourth-order valence-corrected chi connectivity index (χ4v) is 1.58. The van der Waals surface area contributed by atoms with Crippen LogP contribution in [0, 0.1) is 0 Å². The molecule has 5 nitrogen and oxygen atoms in total. The van der Waals surface area contributed by atoms with Gasteiger partial charge in [0.15, 0.2) is 0 Å². The molecule has 1 fully saturated rings. The Morgan fingerprint density at radius 3 is 2.67 bits per heavy atom. The van der Waals surface area contributed by atoms with Gasteiger partial charge in [0.25, 0.3) is 0 Å². The van der Waals surface area contributed by atoms with Crippen LogP contribution in [0.2, 0.25) is 0 Å². The maximum absolute atomic E-state index is 11.5. The van der Waals surface area contributed by atoms with E-state index < -0.39 is 11.8 Å². The van der Waals surface area contributed by atoms with Gasteiger partial charge >= 0.3 is 11.8 Å². The predicted molar refractivity (Wildman–Crippen MR) is 66.0 cm³/mol. The molecule has 2 rings (SSSR count). The minimum Gasteiger partial charge on any atom is -0.496 e. The van der Waals surface area contributed by atoms with Crippen LogP contribution in [-0.2, 0) is 16.1 Å². The molecule has 1 aliphatic rings. The van der Waals surface area contributed by atoms with Gasteiger partial charge < -0.3 is 15.4 Å². The number of para-hydroxylation sites is 1. The van der Waals surface area contributed by atoms with Crippen LogP contribution in [0.3, 0.4) is 0 Å². The average molecular weight is 248 g/mol. The highest BCUT2D eigenvalue weighted by Gasteiger charge is 2.26. The van der Waals surface area contributed by atoms with Crippen LogP contribution in [0.25, 0.3) is 0 Å². The molecule has 1 aromatic rings. The van der Waals surface area contributed by atoms with Crippen molar-refractivity contribution in [2.24, 2.45) is 0 Å². The van der Waals surface area contributed by atoms with Crippen molar-refractivity contribution >= 4 is 11.8 Å². The number of hydrogen-bond acceptors (Lipinski definition) is 3. The van der Waals surface area contributed by atoms with E-state index in [2.05, 4.69) is 10.6 Å². The lowest BCUT2D eigenvalue weighted by atomic mass is 10.2. The van der Waals surface area contributed by atoms with E-state index in [4.69, 9.17) is 4.74 Å². The first-order valence-corrected chi connectivity index (χ1v) is 5.91. The largest absolute Gasteiger partial charge is 0.496 e. The van der Waals surface area contributed by atoms with E-state index in [0.717, 1.165) is 18.4 Å². The van der Waals surface area contributed by atoms with Gasteiger partial charge in [-0.1, -0.05) is 18.2 Å². The predicted octanol–water partition coefficient (Wildman–Crippen LogP) is 0.590. The minimum absolute atomic E-state index is 0.189. The van der Waals surface area contributed by atoms with E-state index >= 15 is 0 Å². The molecule has 0 bridgehead atoms. The molecule has 0 unspecified atom stereocenters. The van der Waals surface area contributed by atoms with Crippen LogP contribution in [-0.4, -0.2) is 25.0 Å². The lowest BCUT2D eigenvalue weighted by molar-refractivity contribution is -0.139. The number of ether oxygens (including phenoxy) is 1. The summed E-state index contributed by atoms with van der Waals surface area (Å²) in [6.07, 6.45) is 1.93. The van der Waals surface area contributed by atoms with Gasteiger partial charge in [-0.2, -0.15) is 0 Å². The van der Waals surface area contributed by atoms with Crippen LogP contribution in [0.5, 0.6) is 5.75 Å². The fourth-order valence-electron chi connectivity index (χ4n) is 1.58. The fraction of sp³-hybridized carbons (Fsp3) is 0.385. The number of rotatable bonds is 4. The molecule has 0 aliphatic heterocycles. The molecule has 0 heterocycles. The summed E-state index contributed by atoms with van der Waals surface area (Å²) in [5, 5.41) is 5.21. The van der Waals surface area contributed by atoms with Crippen molar-refractivity contribution < 1.29 is 14.3 Å². The van der Waals surface area contributed by atoms with Gasteiger partial charge in [-0.25, -0.2) is 0 Å². The second-order valence-electron chi connectivity index (χ2n) is 4.24.